The van der Waals surface area contributed by atoms with E-state index in [0.29, 0.717) is 5.56 Å². The van der Waals surface area contributed by atoms with E-state index in [2.05, 4.69) is 10.6 Å². The second kappa shape index (κ2) is 7.09. The SMILES string of the molecule is O=C(CCNC(=O)c1ccoc1)N[C@H]1CCCC[C@@H]1O. The molecule has 110 valence electrons. The molecule has 1 saturated carbocycles. The molecule has 0 aromatic carbocycles. The fourth-order valence-electron chi connectivity index (χ4n) is 2.34. The first-order valence-electron chi connectivity index (χ1n) is 6.94. The smallest absolute Gasteiger partial charge is 0.254 e. The predicted octanol–water partition coefficient (Wildman–Crippen LogP) is 0.819. The highest BCUT2D eigenvalue weighted by atomic mass is 16.3. The van der Waals surface area contributed by atoms with Crippen LogP contribution in [0.2, 0.25) is 0 Å². The molecule has 0 radical (unpaired) electrons. The Morgan fingerprint density at radius 3 is 2.85 bits per heavy atom. The van der Waals surface area contributed by atoms with Gasteiger partial charge in [0.15, 0.2) is 0 Å². The summed E-state index contributed by atoms with van der Waals surface area (Å²) in [4.78, 5) is 23.3. The summed E-state index contributed by atoms with van der Waals surface area (Å²) in [5.41, 5.74) is 0.438. The highest BCUT2D eigenvalue weighted by molar-refractivity contribution is 5.94. The quantitative estimate of drug-likeness (QED) is 0.744. The van der Waals surface area contributed by atoms with Crippen LogP contribution in [-0.2, 0) is 4.79 Å². The first-order chi connectivity index (χ1) is 9.66. The number of rotatable bonds is 5. The number of hydrogen-bond donors (Lipinski definition) is 3. The van der Waals surface area contributed by atoms with Crippen molar-refractivity contribution in [2.75, 3.05) is 6.54 Å². The monoisotopic (exact) mass is 280 g/mol. The highest BCUT2D eigenvalue weighted by Gasteiger charge is 2.24. The van der Waals surface area contributed by atoms with Gasteiger partial charge >= 0.3 is 0 Å². The normalized spacial score (nSPS) is 22.2. The molecular weight excluding hydrogens is 260 g/mol. The molecule has 1 aliphatic rings. The molecule has 3 N–H and O–H groups in total. The van der Waals surface area contributed by atoms with Gasteiger partial charge in [0.1, 0.15) is 6.26 Å². The van der Waals surface area contributed by atoms with Gasteiger partial charge in [-0.3, -0.25) is 9.59 Å². The standard InChI is InChI=1S/C14H20N2O4/c17-12-4-2-1-3-11(12)16-13(18)5-7-15-14(19)10-6-8-20-9-10/h6,8-9,11-12,17H,1-5,7H2,(H,15,19)(H,16,18)/t11-,12-/m0/s1. The Morgan fingerprint density at radius 1 is 1.35 bits per heavy atom. The number of furan rings is 1. The van der Waals surface area contributed by atoms with Crippen LogP contribution in [0.5, 0.6) is 0 Å². The van der Waals surface area contributed by atoms with Crippen LogP contribution in [0.4, 0.5) is 0 Å². The Hall–Kier alpha value is -1.82. The fraction of sp³-hybridized carbons (Fsp3) is 0.571. The molecule has 6 nitrogen and oxygen atoms in total. The van der Waals surface area contributed by atoms with E-state index < -0.39 is 6.10 Å². The molecule has 2 rings (SSSR count). The first kappa shape index (κ1) is 14.6. The molecule has 1 heterocycles. The van der Waals surface area contributed by atoms with E-state index in [0.717, 1.165) is 25.7 Å². The van der Waals surface area contributed by atoms with Crippen LogP contribution >= 0.6 is 0 Å². The van der Waals surface area contributed by atoms with Crippen LogP contribution in [0.15, 0.2) is 23.0 Å². The van der Waals surface area contributed by atoms with E-state index in [1.807, 2.05) is 0 Å². The lowest BCUT2D eigenvalue weighted by atomic mass is 9.92. The molecule has 0 aliphatic heterocycles. The molecule has 0 unspecified atom stereocenters. The third-order valence-corrected chi connectivity index (χ3v) is 3.50. The van der Waals surface area contributed by atoms with Crippen LogP contribution in [0.1, 0.15) is 42.5 Å². The van der Waals surface area contributed by atoms with Gasteiger partial charge in [-0.2, -0.15) is 0 Å². The number of carbonyl (C=O) groups excluding carboxylic acids is 2. The van der Waals surface area contributed by atoms with Gasteiger partial charge in [-0.25, -0.2) is 0 Å². The average Bonchev–Trinajstić information content (AvgIpc) is 2.95. The minimum absolute atomic E-state index is 0.150. The Balaban J connectivity index is 1.66. The number of nitrogens with one attached hydrogen (secondary N) is 2. The molecule has 1 fully saturated rings. The number of amides is 2. The molecule has 2 amide bonds. The Morgan fingerprint density at radius 2 is 2.15 bits per heavy atom. The zero-order chi connectivity index (χ0) is 14.4. The molecule has 20 heavy (non-hydrogen) atoms. The molecule has 0 spiro atoms. The summed E-state index contributed by atoms with van der Waals surface area (Å²) < 4.78 is 4.81. The minimum atomic E-state index is -0.451. The Labute approximate surface area is 117 Å². The summed E-state index contributed by atoms with van der Waals surface area (Å²) >= 11 is 0. The van der Waals surface area contributed by atoms with Crippen molar-refractivity contribution < 1.29 is 19.1 Å². The van der Waals surface area contributed by atoms with E-state index >= 15 is 0 Å². The van der Waals surface area contributed by atoms with E-state index in [-0.39, 0.29) is 30.8 Å². The van der Waals surface area contributed by atoms with Crippen molar-refractivity contribution in [3.8, 4) is 0 Å². The minimum Gasteiger partial charge on any atom is -0.472 e. The van der Waals surface area contributed by atoms with Gasteiger partial charge in [0.2, 0.25) is 5.91 Å². The van der Waals surface area contributed by atoms with Crippen LogP contribution in [0, 0.1) is 0 Å². The van der Waals surface area contributed by atoms with Crippen LogP contribution in [0.25, 0.3) is 0 Å². The summed E-state index contributed by atoms with van der Waals surface area (Å²) in [5.74, 6) is -0.410. The van der Waals surface area contributed by atoms with Gasteiger partial charge in [0.25, 0.3) is 5.91 Å². The van der Waals surface area contributed by atoms with E-state index in [9.17, 15) is 14.7 Å². The van der Waals surface area contributed by atoms with Gasteiger partial charge in [-0.05, 0) is 18.9 Å². The Bertz CT molecular complexity index is 444. The third-order valence-electron chi connectivity index (χ3n) is 3.50. The lowest BCUT2D eigenvalue weighted by molar-refractivity contribution is -0.122. The lowest BCUT2D eigenvalue weighted by Gasteiger charge is -2.28. The largest absolute Gasteiger partial charge is 0.472 e. The molecule has 0 bridgehead atoms. The molecule has 2 atom stereocenters. The number of aliphatic hydroxyl groups is 1. The maximum atomic E-state index is 11.7. The maximum absolute atomic E-state index is 11.7. The topological polar surface area (TPSA) is 91.6 Å². The van der Waals surface area contributed by atoms with Crippen molar-refractivity contribution in [1.82, 2.24) is 10.6 Å². The van der Waals surface area contributed by atoms with Gasteiger partial charge < -0.3 is 20.2 Å². The fourth-order valence-corrected chi connectivity index (χ4v) is 2.34. The van der Waals surface area contributed by atoms with Crippen molar-refractivity contribution in [1.29, 1.82) is 0 Å². The molecule has 1 aromatic heterocycles. The summed E-state index contributed by atoms with van der Waals surface area (Å²) in [6.07, 6.45) is 6.12. The van der Waals surface area contributed by atoms with E-state index in [1.54, 1.807) is 6.07 Å². The molecule has 1 aromatic rings. The van der Waals surface area contributed by atoms with Crippen LogP contribution < -0.4 is 10.6 Å². The zero-order valence-electron chi connectivity index (χ0n) is 11.3. The molecular formula is C14H20N2O4. The van der Waals surface area contributed by atoms with Crippen LogP contribution in [0.3, 0.4) is 0 Å². The summed E-state index contributed by atoms with van der Waals surface area (Å²) in [5, 5.41) is 15.2. The van der Waals surface area contributed by atoms with Gasteiger partial charge in [-0.15, -0.1) is 0 Å². The van der Waals surface area contributed by atoms with E-state index in [4.69, 9.17) is 4.42 Å². The van der Waals surface area contributed by atoms with Crippen molar-refractivity contribution in [2.24, 2.45) is 0 Å². The Kier molecular flexibility index (Phi) is 5.17. The number of aliphatic hydroxyl groups excluding tert-OH is 1. The predicted molar refractivity (Wildman–Crippen MR) is 72.1 cm³/mol. The molecule has 6 heteroatoms. The lowest BCUT2D eigenvalue weighted by Crippen LogP contribution is -2.45. The first-order valence-corrected chi connectivity index (χ1v) is 6.94. The second-order valence-electron chi connectivity index (χ2n) is 5.04. The van der Waals surface area contributed by atoms with Gasteiger partial charge in [0, 0.05) is 13.0 Å². The van der Waals surface area contributed by atoms with Crippen molar-refractivity contribution in [3.05, 3.63) is 24.2 Å². The average molecular weight is 280 g/mol. The highest BCUT2D eigenvalue weighted by Crippen LogP contribution is 2.18. The van der Waals surface area contributed by atoms with Crippen molar-refractivity contribution in [3.63, 3.8) is 0 Å². The number of carbonyl (C=O) groups is 2. The second-order valence-corrected chi connectivity index (χ2v) is 5.04. The van der Waals surface area contributed by atoms with Crippen molar-refractivity contribution >= 4 is 11.8 Å². The van der Waals surface area contributed by atoms with Crippen molar-refractivity contribution in [2.45, 2.75) is 44.2 Å². The van der Waals surface area contributed by atoms with Gasteiger partial charge in [0.05, 0.1) is 24.0 Å². The van der Waals surface area contributed by atoms with E-state index in [1.165, 1.54) is 12.5 Å². The summed E-state index contributed by atoms with van der Waals surface area (Å²) in [6.45, 7) is 0.263. The maximum Gasteiger partial charge on any atom is 0.254 e. The third kappa shape index (κ3) is 4.09. The molecule has 0 saturated heterocycles. The zero-order valence-corrected chi connectivity index (χ0v) is 11.3. The van der Waals surface area contributed by atoms with Gasteiger partial charge in [-0.1, -0.05) is 12.8 Å². The van der Waals surface area contributed by atoms with Crippen LogP contribution in [-0.4, -0.2) is 35.6 Å². The molecule has 1 aliphatic carbocycles. The number of hydrogen-bond acceptors (Lipinski definition) is 4. The summed E-state index contributed by atoms with van der Waals surface area (Å²) in [7, 11) is 0. The summed E-state index contributed by atoms with van der Waals surface area (Å²) in [6, 6.07) is 1.41.